The molecule has 1 N–H and O–H groups in total. The van der Waals surface area contributed by atoms with Gasteiger partial charge in [0.1, 0.15) is 30.5 Å². The van der Waals surface area contributed by atoms with Crippen LogP contribution in [0.4, 0.5) is 0 Å². The van der Waals surface area contributed by atoms with Gasteiger partial charge in [0, 0.05) is 14.2 Å². The van der Waals surface area contributed by atoms with Crippen molar-refractivity contribution in [2.24, 2.45) is 0 Å². The predicted octanol–water partition coefficient (Wildman–Crippen LogP) is 0.166. The van der Waals surface area contributed by atoms with E-state index in [1.807, 2.05) is 13.8 Å². The summed E-state index contributed by atoms with van der Waals surface area (Å²) in [6.07, 6.45) is -0.392. The number of ether oxygens (including phenoxy) is 6. The highest BCUT2D eigenvalue weighted by molar-refractivity contribution is 5.07. The van der Waals surface area contributed by atoms with Crippen LogP contribution in [0.3, 0.4) is 0 Å². The molecule has 0 aromatic carbocycles. The average Bonchev–Trinajstić information content (AvgIpc) is 2.90. The first-order valence-corrected chi connectivity index (χ1v) is 7.04. The summed E-state index contributed by atoms with van der Waals surface area (Å²) >= 11 is 0. The van der Waals surface area contributed by atoms with Crippen molar-refractivity contribution >= 4 is 0 Å². The largest absolute Gasteiger partial charge is 0.386 e. The lowest BCUT2D eigenvalue weighted by atomic mass is 9.99. The topological polar surface area (TPSA) is 75.6 Å². The number of aliphatic hydroxyl groups excluding tert-OH is 1. The Morgan fingerprint density at radius 1 is 0.952 bits per heavy atom. The first-order valence-electron chi connectivity index (χ1n) is 7.04. The molecule has 0 amide bonds. The number of rotatable bonds is 3. The maximum atomic E-state index is 10.1. The van der Waals surface area contributed by atoms with Crippen LogP contribution in [0.5, 0.6) is 0 Å². The van der Waals surface area contributed by atoms with E-state index >= 15 is 0 Å². The standard InChI is InChI=1S/C14H22O7/c1-14(2)20-12-10(17-4)11(19-13(12)21-14)9-7(15)5-6-8(16-3)18-9/h5-13,15H,1-4H3/t7-,8-,9+,10-,11+,12+,13+/m0/s1. The van der Waals surface area contributed by atoms with Crippen LogP contribution in [0.2, 0.25) is 0 Å². The summed E-state index contributed by atoms with van der Waals surface area (Å²) in [5.41, 5.74) is 0. The zero-order valence-corrected chi connectivity index (χ0v) is 12.6. The summed E-state index contributed by atoms with van der Waals surface area (Å²) in [5.74, 6) is -0.710. The summed E-state index contributed by atoms with van der Waals surface area (Å²) < 4.78 is 33.8. The number of hydrogen-bond donors (Lipinski definition) is 1. The van der Waals surface area contributed by atoms with Gasteiger partial charge in [-0.1, -0.05) is 6.08 Å². The van der Waals surface area contributed by atoms with Crippen LogP contribution in [-0.2, 0) is 28.4 Å². The average molecular weight is 302 g/mol. The van der Waals surface area contributed by atoms with Crippen molar-refractivity contribution in [3.63, 3.8) is 0 Å². The van der Waals surface area contributed by atoms with Crippen LogP contribution in [0, 0.1) is 0 Å². The fourth-order valence-corrected chi connectivity index (χ4v) is 3.04. The van der Waals surface area contributed by atoms with E-state index in [2.05, 4.69) is 0 Å². The van der Waals surface area contributed by atoms with Gasteiger partial charge in [-0.2, -0.15) is 0 Å². The van der Waals surface area contributed by atoms with Crippen LogP contribution >= 0.6 is 0 Å². The summed E-state index contributed by atoms with van der Waals surface area (Å²) in [5, 5.41) is 10.1. The molecule has 3 aliphatic heterocycles. The van der Waals surface area contributed by atoms with Gasteiger partial charge in [0.05, 0.1) is 0 Å². The van der Waals surface area contributed by atoms with Gasteiger partial charge >= 0.3 is 0 Å². The Hall–Kier alpha value is -0.540. The molecule has 0 aliphatic carbocycles. The van der Waals surface area contributed by atoms with E-state index in [0.717, 1.165) is 0 Å². The van der Waals surface area contributed by atoms with E-state index in [-0.39, 0.29) is 12.2 Å². The van der Waals surface area contributed by atoms with Crippen molar-refractivity contribution in [2.45, 2.75) is 62.7 Å². The molecule has 7 heteroatoms. The van der Waals surface area contributed by atoms with E-state index in [0.29, 0.717) is 0 Å². The molecule has 3 aliphatic rings. The molecular weight excluding hydrogens is 280 g/mol. The van der Waals surface area contributed by atoms with Crippen molar-refractivity contribution in [3.05, 3.63) is 12.2 Å². The first kappa shape index (κ1) is 15.4. The Kier molecular flexibility index (Phi) is 4.08. The molecule has 0 spiro atoms. The van der Waals surface area contributed by atoms with Gasteiger partial charge in [0.15, 0.2) is 18.4 Å². The minimum atomic E-state index is -0.800. The molecule has 7 nitrogen and oxygen atoms in total. The van der Waals surface area contributed by atoms with Crippen molar-refractivity contribution in [2.75, 3.05) is 14.2 Å². The summed E-state index contributed by atoms with van der Waals surface area (Å²) in [7, 11) is 3.12. The van der Waals surface area contributed by atoms with Crippen LogP contribution in [0.25, 0.3) is 0 Å². The molecule has 7 atom stereocenters. The molecule has 0 bridgehead atoms. The lowest BCUT2D eigenvalue weighted by Crippen LogP contribution is -2.50. The highest BCUT2D eigenvalue weighted by Crippen LogP contribution is 2.40. The van der Waals surface area contributed by atoms with E-state index < -0.39 is 36.7 Å². The third-order valence-corrected chi connectivity index (χ3v) is 3.95. The number of hydrogen-bond acceptors (Lipinski definition) is 7. The SMILES string of the molecule is CO[C@@H]1C=C[C@H](O)[C@H]([C@H]2O[C@@H]3OC(C)(C)O[C@@H]3[C@H]2OC)O1. The van der Waals surface area contributed by atoms with Gasteiger partial charge in [-0.25, -0.2) is 0 Å². The van der Waals surface area contributed by atoms with Crippen LogP contribution in [0.15, 0.2) is 12.2 Å². The van der Waals surface area contributed by atoms with Crippen molar-refractivity contribution in [1.29, 1.82) is 0 Å². The Morgan fingerprint density at radius 3 is 2.38 bits per heavy atom. The zero-order chi connectivity index (χ0) is 15.2. The Morgan fingerprint density at radius 2 is 1.71 bits per heavy atom. The highest BCUT2D eigenvalue weighted by Gasteiger charge is 2.58. The second kappa shape index (κ2) is 5.58. The van der Waals surface area contributed by atoms with Crippen molar-refractivity contribution < 1.29 is 33.5 Å². The van der Waals surface area contributed by atoms with Crippen LogP contribution < -0.4 is 0 Å². The fourth-order valence-electron chi connectivity index (χ4n) is 3.04. The Balaban J connectivity index is 1.76. The maximum Gasteiger partial charge on any atom is 0.190 e. The van der Waals surface area contributed by atoms with Crippen molar-refractivity contribution in [1.82, 2.24) is 0 Å². The minimum absolute atomic E-state index is 0.349. The van der Waals surface area contributed by atoms with Crippen molar-refractivity contribution in [3.8, 4) is 0 Å². The van der Waals surface area contributed by atoms with E-state index in [1.165, 1.54) is 7.11 Å². The Bertz CT molecular complexity index is 410. The van der Waals surface area contributed by atoms with Gasteiger partial charge in [-0.05, 0) is 19.9 Å². The maximum absolute atomic E-state index is 10.1. The van der Waals surface area contributed by atoms with Gasteiger partial charge in [-0.3, -0.25) is 0 Å². The zero-order valence-electron chi connectivity index (χ0n) is 12.6. The second-order valence-corrected chi connectivity index (χ2v) is 5.85. The monoisotopic (exact) mass is 302 g/mol. The van der Waals surface area contributed by atoms with Gasteiger partial charge in [-0.15, -0.1) is 0 Å². The summed E-state index contributed by atoms with van der Waals surface area (Å²) in [6, 6.07) is 0. The molecule has 2 saturated heterocycles. The third kappa shape index (κ3) is 2.75. The number of fused-ring (bicyclic) bond motifs is 1. The molecular formula is C14H22O7. The molecule has 0 radical (unpaired) electrons. The van der Waals surface area contributed by atoms with Gasteiger partial charge in [0.2, 0.25) is 0 Å². The molecule has 21 heavy (non-hydrogen) atoms. The molecule has 0 aromatic heterocycles. The smallest absolute Gasteiger partial charge is 0.190 e. The van der Waals surface area contributed by atoms with E-state index in [4.69, 9.17) is 28.4 Å². The minimum Gasteiger partial charge on any atom is -0.386 e. The molecule has 0 saturated carbocycles. The number of methoxy groups -OCH3 is 2. The lowest BCUT2D eigenvalue weighted by molar-refractivity contribution is -0.253. The fraction of sp³-hybridized carbons (Fsp3) is 0.857. The summed E-state index contributed by atoms with van der Waals surface area (Å²) in [4.78, 5) is 0. The van der Waals surface area contributed by atoms with Crippen LogP contribution in [0.1, 0.15) is 13.8 Å². The van der Waals surface area contributed by atoms with Gasteiger partial charge < -0.3 is 33.5 Å². The summed E-state index contributed by atoms with van der Waals surface area (Å²) in [6.45, 7) is 3.65. The highest BCUT2D eigenvalue weighted by atomic mass is 16.8. The molecule has 3 heterocycles. The van der Waals surface area contributed by atoms with E-state index in [1.54, 1.807) is 19.3 Å². The normalized spacial score (nSPS) is 48.5. The third-order valence-electron chi connectivity index (χ3n) is 3.95. The van der Waals surface area contributed by atoms with E-state index in [9.17, 15) is 5.11 Å². The quantitative estimate of drug-likeness (QED) is 0.745. The Labute approximate surface area is 123 Å². The first-order chi connectivity index (χ1) is 9.95. The number of aliphatic hydroxyl groups is 1. The van der Waals surface area contributed by atoms with Crippen LogP contribution in [-0.4, -0.2) is 68.2 Å². The molecule has 0 aromatic rings. The molecule has 2 fully saturated rings. The van der Waals surface area contributed by atoms with Gasteiger partial charge in [0.25, 0.3) is 0 Å². The molecule has 120 valence electrons. The molecule has 0 unspecified atom stereocenters. The second-order valence-electron chi connectivity index (χ2n) is 5.85. The molecule has 3 rings (SSSR count). The lowest BCUT2D eigenvalue weighted by Gasteiger charge is -2.35. The predicted molar refractivity (Wildman–Crippen MR) is 70.3 cm³/mol.